The molecule has 5 rings (SSSR count). The number of nitrogens with one attached hydrogen (secondary N) is 1. The van der Waals surface area contributed by atoms with E-state index in [1.54, 1.807) is 29.2 Å². The molecule has 188 valence electrons. The Morgan fingerprint density at radius 2 is 1.70 bits per heavy atom. The molecule has 6 heteroatoms. The SMILES string of the molecule is CCOc1ccc(/C(O)=C2/C(=O)C(=O)N(CCc3c[nH]c4ccccc34)C2c2ccc(CC)cc2)cc1. The molecule has 1 amide bonds. The van der Waals surface area contributed by atoms with Crippen LogP contribution in [0.4, 0.5) is 0 Å². The first-order valence-electron chi connectivity index (χ1n) is 12.7. The lowest BCUT2D eigenvalue weighted by atomic mass is 9.94. The number of aromatic amines is 1. The number of fused-ring (bicyclic) bond motifs is 1. The van der Waals surface area contributed by atoms with Crippen molar-refractivity contribution < 1.29 is 19.4 Å². The second kappa shape index (κ2) is 10.3. The number of benzene rings is 3. The molecule has 0 aliphatic carbocycles. The van der Waals surface area contributed by atoms with Crippen LogP contribution in [-0.4, -0.2) is 39.8 Å². The number of Topliss-reactive ketones (excluding diaryl/α,β-unsaturated/α-hetero) is 1. The fraction of sp³-hybridized carbons (Fsp3) is 0.226. The minimum Gasteiger partial charge on any atom is -0.507 e. The lowest BCUT2D eigenvalue weighted by Gasteiger charge is -2.25. The molecule has 0 saturated carbocycles. The highest BCUT2D eigenvalue weighted by Crippen LogP contribution is 2.40. The summed E-state index contributed by atoms with van der Waals surface area (Å²) in [5.41, 5.74) is 4.63. The van der Waals surface area contributed by atoms with Crippen LogP contribution in [0, 0.1) is 0 Å². The lowest BCUT2D eigenvalue weighted by Crippen LogP contribution is -2.31. The highest BCUT2D eigenvalue weighted by Gasteiger charge is 2.45. The zero-order valence-corrected chi connectivity index (χ0v) is 21.0. The van der Waals surface area contributed by atoms with E-state index in [1.807, 2.05) is 61.7 Å². The van der Waals surface area contributed by atoms with Crippen LogP contribution in [-0.2, 0) is 22.4 Å². The van der Waals surface area contributed by atoms with Gasteiger partial charge in [0.15, 0.2) is 0 Å². The summed E-state index contributed by atoms with van der Waals surface area (Å²) in [6, 6.07) is 22.1. The standard InChI is InChI=1S/C31H30N2O4/c1-3-20-9-11-21(12-10-20)28-27(29(34)22-13-15-24(16-14-22)37-4-2)30(35)31(36)33(28)18-17-23-19-32-26-8-6-5-7-25(23)26/h5-16,19,28,32,34H,3-4,17-18H2,1-2H3/b29-27-. The van der Waals surface area contributed by atoms with Crippen molar-refractivity contribution in [1.82, 2.24) is 9.88 Å². The average molecular weight is 495 g/mol. The molecule has 1 aliphatic heterocycles. The molecule has 3 aromatic carbocycles. The van der Waals surface area contributed by atoms with Crippen LogP contribution in [0.1, 0.15) is 42.1 Å². The zero-order valence-electron chi connectivity index (χ0n) is 21.0. The van der Waals surface area contributed by atoms with Gasteiger partial charge in [0.05, 0.1) is 18.2 Å². The van der Waals surface area contributed by atoms with Crippen LogP contribution in [0.5, 0.6) is 5.75 Å². The van der Waals surface area contributed by atoms with E-state index < -0.39 is 17.7 Å². The maximum absolute atomic E-state index is 13.3. The van der Waals surface area contributed by atoms with Crippen molar-refractivity contribution in [1.29, 1.82) is 0 Å². The van der Waals surface area contributed by atoms with Crippen LogP contribution in [0.3, 0.4) is 0 Å². The quantitative estimate of drug-likeness (QED) is 0.184. The number of amides is 1. The number of aliphatic hydroxyl groups is 1. The number of H-pyrrole nitrogens is 1. The number of aryl methyl sites for hydroxylation is 1. The highest BCUT2D eigenvalue weighted by molar-refractivity contribution is 6.46. The Morgan fingerprint density at radius 3 is 2.41 bits per heavy atom. The average Bonchev–Trinajstić information content (AvgIpc) is 3.46. The third-order valence-corrected chi connectivity index (χ3v) is 6.98. The Balaban J connectivity index is 1.54. The molecule has 0 spiro atoms. The molecule has 37 heavy (non-hydrogen) atoms. The van der Waals surface area contributed by atoms with Crippen molar-refractivity contribution in [2.45, 2.75) is 32.7 Å². The molecule has 2 N–H and O–H groups in total. The zero-order chi connectivity index (χ0) is 25.9. The Hall–Kier alpha value is -4.32. The Kier molecular flexibility index (Phi) is 6.82. The second-order valence-electron chi connectivity index (χ2n) is 9.15. The summed E-state index contributed by atoms with van der Waals surface area (Å²) in [7, 11) is 0. The van der Waals surface area contributed by atoms with Crippen molar-refractivity contribution in [2.75, 3.05) is 13.2 Å². The molecule has 4 aromatic rings. The molecule has 2 heterocycles. The second-order valence-corrected chi connectivity index (χ2v) is 9.15. The fourth-order valence-electron chi connectivity index (χ4n) is 5.00. The van der Waals surface area contributed by atoms with E-state index in [1.165, 1.54) is 0 Å². The number of likely N-dealkylation sites (tertiary alicyclic amines) is 1. The van der Waals surface area contributed by atoms with E-state index in [0.29, 0.717) is 30.9 Å². The number of nitrogens with zero attached hydrogens (tertiary/aromatic N) is 1. The van der Waals surface area contributed by atoms with E-state index in [4.69, 9.17) is 4.74 Å². The summed E-state index contributed by atoms with van der Waals surface area (Å²) in [4.78, 5) is 31.5. The Labute approximate surface area is 216 Å². The molecule has 1 saturated heterocycles. The molecule has 0 radical (unpaired) electrons. The summed E-state index contributed by atoms with van der Waals surface area (Å²) >= 11 is 0. The lowest BCUT2D eigenvalue weighted by molar-refractivity contribution is -0.139. The largest absolute Gasteiger partial charge is 0.507 e. The monoisotopic (exact) mass is 494 g/mol. The molecule has 0 bridgehead atoms. The van der Waals surface area contributed by atoms with Gasteiger partial charge < -0.3 is 19.7 Å². The highest BCUT2D eigenvalue weighted by atomic mass is 16.5. The van der Waals surface area contributed by atoms with Crippen LogP contribution >= 0.6 is 0 Å². The maximum atomic E-state index is 13.3. The number of para-hydroxylation sites is 1. The first-order valence-corrected chi connectivity index (χ1v) is 12.7. The van der Waals surface area contributed by atoms with Gasteiger partial charge in [0.2, 0.25) is 0 Å². The molecule has 1 aliphatic rings. The van der Waals surface area contributed by atoms with Crippen molar-refractivity contribution >= 4 is 28.4 Å². The fourth-order valence-corrected chi connectivity index (χ4v) is 5.00. The molecule has 1 fully saturated rings. The third-order valence-electron chi connectivity index (χ3n) is 6.98. The van der Waals surface area contributed by atoms with Gasteiger partial charge in [-0.25, -0.2) is 0 Å². The van der Waals surface area contributed by atoms with E-state index in [0.717, 1.165) is 34.0 Å². The van der Waals surface area contributed by atoms with Gasteiger partial charge in [-0.05, 0) is 66.8 Å². The third kappa shape index (κ3) is 4.62. The number of aromatic nitrogens is 1. The predicted molar refractivity (Wildman–Crippen MR) is 144 cm³/mol. The van der Waals surface area contributed by atoms with Gasteiger partial charge in [-0.3, -0.25) is 9.59 Å². The van der Waals surface area contributed by atoms with Gasteiger partial charge in [-0.15, -0.1) is 0 Å². The van der Waals surface area contributed by atoms with E-state index in [2.05, 4.69) is 11.9 Å². The van der Waals surface area contributed by atoms with Gasteiger partial charge in [-0.1, -0.05) is 49.4 Å². The topological polar surface area (TPSA) is 82.6 Å². The van der Waals surface area contributed by atoms with Gasteiger partial charge in [-0.2, -0.15) is 0 Å². The Morgan fingerprint density at radius 1 is 0.973 bits per heavy atom. The van der Waals surface area contributed by atoms with Crippen molar-refractivity contribution in [2.24, 2.45) is 0 Å². The molecule has 1 unspecified atom stereocenters. The summed E-state index contributed by atoms with van der Waals surface area (Å²) in [5, 5.41) is 12.4. The number of rotatable bonds is 8. The molecule has 1 atom stereocenters. The van der Waals surface area contributed by atoms with Crippen molar-refractivity contribution in [3.05, 3.63) is 107 Å². The summed E-state index contributed by atoms with van der Waals surface area (Å²) < 4.78 is 5.50. The number of ketones is 1. The van der Waals surface area contributed by atoms with Gasteiger partial charge >= 0.3 is 0 Å². The normalized spacial score (nSPS) is 17.0. The number of aliphatic hydroxyl groups excluding tert-OH is 1. The number of carbonyl (C=O) groups excluding carboxylic acids is 2. The van der Waals surface area contributed by atoms with E-state index in [-0.39, 0.29) is 11.3 Å². The van der Waals surface area contributed by atoms with E-state index >= 15 is 0 Å². The van der Waals surface area contributed by atoms with Crippen LogP contribution in [0.25, 0.3) is 16.7 Å². The van der Waals surface area contributed by atoms with Gasteiger partial charge in [0.25, 0.3) is 11.7 Å². The smallest absolute Gasteiger partial charge is 0.295 e. The minimum absolute atomic E-state index is 0.109. The number of carbonyl (C=O) groups is 2. The predicted octanol–water partition coefficient (Wildman–Crippen LogP) is 5.79. The van der Waals surface area contributed by atoms with Crippen LogP contribution in [0.15, 0.2) is 84.6 Å². The number of hydrogen-bond donors (Lipinski definition) is 2. The van der Waals surface area contributed by atoms with Crippen LogP contribution < -0.4 is 4.74 Å². The van der Waals surface area contributed by atoms with E-state index in [9.17, 15) is 14.7 Å². The summed E-state index contributed by atoms with van der Waals surface area (Å²) in [6.07, 6.45) is 3.41. The molecule has 6 nitrogen and oxygen atoms in total. The van der Waals surface area contributed by atoms with Crippen molar-refractivity contribution in [3.8, 4) is 5.75 Å². The van der Waals surface area contributed by atoms with Crippen molar-refractivity contribution in [3.63, 3.8) is 0 Å². The summed E-state index contributed by atoms with van der Waals surface area (Å²) in [5.74, 6) is -0.780. The number of ether oxygens (including phenoxy) is 1. The number of hydrogen-bond acceptors (Lipinski definition) is 4. The maximum Gasteiger partial charge on any atom is 0.295 e. The first kappa shape index (κ1) is 24.4. The van der Waals surface area contributed by atoms with Gasteiger partial charge in [0.1, 0.15) is 11.5 Å². The van der Waals surface area contributed by atoms with Crippen LogP contribution in [0.2, 0.25) is 0 Å². The molecular formula is C31H30N2O4. The molecule has 1 aromatic heterocycles. The minimum atomic E-state index is -0.678. The summed E-state index contributed by atoms with van der Waals surface area (Å²) in [6.45, 7) is 4.84. The Bertz CT molecular complexity index is 1470. The van der Waals surface area contributed by atoms with Gasteiger partial charge in [0, 0.05) is 29.2 Å². The molecular weight excluding hydrogens is 464 g/mol. The first-order chi connectivity index (χ1) is 18.0.